The van der Waals surface area contributed by atoms with E-state index in [0.717, 1.165) is 39.6 Å². The second-order valence-electron chi connectivity index (χ2n) is 10.5. The topological polar surface area (TPSA) is 60.3 Å². The fourth-order valence-corrected chi connectivity index (χ4v) is 5.02. The lowest BCUT2D eigenvalue weighted by molar-refractivity contribution is -0.113. The van der Waals surface area contributed by atoms with Gasteiger partial charge in [-0.1, -0.05) is 56.6 Å². The number of carbonyl (C=O) groups is 2. The molecule has 204 valence electrons. The normalized spacial score (nSPS) is 12.9. The summed E-state index contributed by atoms with van der Waals surface area (Å²) >= 11 is 6.56. The first kappa shape index (κ1) is 28.4. The summed E-state index contributed by atoms with van der Waals surface area (Å²) < 4.78 is 8.02. The molecule has 0 unspecified atom stereocenters. The van der Waals surface area contributed by atoms with Gasteiger partial charge in [-0.3, -0.25) is 9.59 Å². The van der Waals surface area contributed by atoms with Gasteiger partial charge in [0, 0.05) is 33.7 Å². The molecule has 3 aromatic carbocycles. The fraction of sp³-hybridized carbons (Fsp3) is 0.333. The molecule has 0 spiro atoms. The average molecular weight is 545 g/mol. The molecule has 0 radical (unpaired) electrons. The molecule has 4 rings (SSSR count). The molecular formula is C33H37ClN2O3. The molecule has 1 amide bonds. The van der Waals surface area contributed by atoms with Crippen molar-refractivity contribution in [3.63, 3.8) is 0 Å². The SMILES string of the molecule is CC[C@H](C=O)Oc1ccc(Cl)c(Cn2c(C)c(C)c3cc(C(=O)N[C@@H](C)c4cccc(C(C)C)c4)ccc32)c1. The Kier molecular flexibility index (Phi) is 8.81. The number of hydrogen-bond acceptors (Lipinski definition) is 3. The Hall–Kier alpha value is -3.57. The number of carbonyl (C=O) groups excluding carboxylic acids is 2. The predicted octanol–water partition coefficient (Wildman–Crippen LogP) is 7.93. The van der Waals surface area contributed by atoms with Gasteiger partial charge in [-0.2, -0.15) is 0 Å². The van der Waals surface area contributed by atoms with Gasteiger partial charge in [0.2, 0.25) is 0 Å². The molecule has 0 fully saturated rings. The summed E-state index contributed by atoms with van der Waals surface area (Å²) in [7, 11) is 0. The van der Waals surface area contributed by atoms with Crippen LogP contribution in [0.1, 0.15) is 84.4 Å². The van der Waals surface area contributed by atoms with Crippen LogP contribution in [0, 0.1) is 13.8 Å². The molecule has 1 N–H and O–H groups in total. The Morgan fingerprint density at radius 3 is 2.46 bits per heavy atom. The number of halogens is 1. The molecule has 0 aliphatic carbocycles. The van der Waals surface area contributed by atoms with Crippen LogP contribution in [0.4, 0.5) is 0 Å². The van der Waals surface area contributed by atoms with Crippen LogP contribution in [0.25, 0.3) is 10.9 Å². The molecule has 0 saturated carbocycles. The van der Waals surface area contributed by atoms with E-state index in [-0.39, 0.29) is 11.9 Å². The highest BCUT2D eigenvalue weighted by Gasteiger charge is 2.18. The first-order valence-corrected chi connectivity index (χ1v) is 13.9. The first-order valence-electron chi connectivity index (χ1n) is 13.5. The third-order valence-corrected chi connectivity index (χ3v) is 7.88. The van der Waals surface area contributed by atoms with Gasteiger partial charge in [-0.05, 0) is 91.8 Å². The van der Waals surface area contributed by atoms with Gasteiger partial charge in [0.1, 0.15) is 5.75 Å². The zero-order chi connectivity index (χ0) is 28.3. The standard InChI is InChI=1S/C33H37ClN2O3/c1-7-28(19-37)39-29-12-13-31(34)27(16-29)18-36-23(6)21(4)30-17-26(11-14-32(30)36)33(38)35-22(5)25-10-8-9-24(15-25)20(2)3/h8-17,19-20,22,28H,7,18H2,1-6H3,(H,35,38)/t22-,28+/m0/s1. The third-order valence-electron chi connectivity index (χ3n) is 7.51. The number of aryl methyl sites for hydroxylation is 1. The van der Waals surface area contributed by atoms with E-state index in [2.05, 4.69) is 55.8 Å². The summed E-state index contributed by atoms with van der Waals surface area (Å²) in [5.74, 6) is 0.948. The molecular weight excluding hydrogens is 508 g/mol. The second kappa shape index (κ2) is 12.1. The van der Waals surface area contributed by atoms with Crippen LogP contribution in [0.3, 0.4) is 0 Å². The number of amides is 1. The van der Waals surface area contributed by atoms with Gasteiger partial charge in [-0.15, -0.1) is 0 Å². The molecule has 5 nitrogen and oxygen atoms in total. The number of aldehydes is 1. The van der Waals surface area contributed by atoms with E-state index in [1.165, 1.54) is 5.56 Å². The van der Waals surface area contributed by atoms with E-state index >= 15 is 0 Å². The minimum atomic E-state index is -0.484. The second-order valence-corrected chi connectivity index (χ2v) is 10.9. The Bertz CT molecular complexity index is 1500. The summed E-state index contributed by atoms with van der Waals surface area (Å²) in [5, 5.41) is 4.82. The fourth-order valence-electron chi connectivity index (χ4n) is 4.84. The highest BCUT2D eigenvalue weighted by atomic mass is 35.5. The molecule has 4 aromatic rings. The number of nitrogens with one attached hydrogen (secondary N) is 1. The van der Waals surface area contributed by atoms with Crippen molar-refractivity contribution in [2.75, 3.05) is 0 Å². The number of benzene rings is 3. The smallest absolute Gasteiger partial charge is 0.251 e. The van der Waals surface area contributed by atoms with Crippen molar-refractivity contribution in [3.05, 3.63) is 99.2 Å². The van der Waals surface area contributed by atoms with Gasteiger partial charge in [-0.25, -0.2) is 0 Å². The number of ether oxygens (including phenoxy) is 1. The molecule has 2 atom stereocenters. The summed E-state index contributed by atoms with van der Waals surface area (Å²) in [4.78, 5) is 24.5. The molecule has 39 heavy (non-hydrogen) atoms. The summed E-state index contributed by atoms with van der Waals surface area (Å²) in [5.41, 5.74) is 7.12. The zero-order valence-corrected chi connectivity index (χ0v) is 24.3. The van der Waals surface area contributed by atoms with Crippen LogP contribution in [0.15, 0.2) is 60.7 Å². The average Bonchev–Trinajstić information content (AvgIpc) is 3.17. The van der Waals surface area contributed by atoms with Crippen LogP contribution >= 0.6 is 11.6 Å². The Labute approximate surface area is 236 Å². The Morgan fingerprint density at radius 2 is 1.77 bits per heavy atom. The summed E-state index contributed by atoms with van der Waals surface area (Å²) in [6.07, 6.45) is 0.932. The van der Waals surface area contributed by atoms with Crippen molar-refractivity contribution in [1.29, 1.82) is 0 Å². The number of fused-ring (bicyclic) bond motifs is 1. The monoisotopic (exact) mass is 544 g/mol. The number of aromatic nitrogens is 1. The lowest BCUT2D eigenvalue weighted by Gasteiger charge is -2.17. The molecule has 1 heterocycles. The Morgan fingerprint density at radius 1 is 1.03 bits per heavy atom. The highest BCUT2D eigenvalue weighted by molar-refractivity contribution is 6.31. The van der Waals surface area contributed by atoms with Gasteiger partial charge in [0.05, 0.1) is 6.04 Å². The lowest BCUT2D eigenvalue weighted by Crippen LogP contribution is -2.26. The molecule has 0 bridgehead atoms. The van der Waals surface area contributed by atoms with Crippen molar-refractivity contribution < 1.29 is 14.3 Å². The van der Waals surface area contributed by atoms with Crippen LogP contribution in [0.5, 0.6) is 5.75 Å². The van der Waals surface area contributed by atoms with Crippen molar-refractivity contribution in [1.82, 2.24) is 9.88 Å². The zero-order valence-electron chi connectivity index (χ0n) is 23.5. The minimum absolute atomic E-state index is 0.0993. The van der Waals surface area contributed by atoms with Crippen LogP contribution in [-0.2, 0) is 11.3 Å². The van der Waals surface area contributed by atoms with Crippen LogP contribution in [-0.4, -0.2) is 22.9 Å². The molecule has 0 aliphatic heterocycles. The van der Waals surface area contributed by atoms with E-state index in [0.29, 0.717) is 35.2 Å². The Balaban J connectivity index is 1.59. The molecule has 6 heteroatoms. The molecule has 0 aliphatic rings. The van der Waals surface area contributed by atoms with Crippen molar-refractivity contribution in [2.45, 2.75) is 72.6 Å². The maximum Gasteiger partial charge on any atom is 0.251 e. The number of nitrogens with zero attached hydrogens (tertiary/aromatic N) is 1. The van der Waals surface area contributed by atoms with Crippen LogP contribution < -0.4 is 10.1 Å². The molecule has 1 aromatic heterocycles. The van der Waals surface area contributed by atoms with Gasteiger partial charge >= 0.3 is 0 Å². The number of rotatable bonds is 10. The van der Waals surface area contributed by atoms with Gasteiger partial charge < -0.3 is 14.6 Å². The van der Waals surface area contributed by atoms with E-state index < -0.39 is 6.10 Å². The third kappa shape index (κ3) is 6.20. The van der Waals surface area contributed by atoms with Crippen LogP contribution in [0.2, 0.25) is 5.02 Å². The molecule has 0 saturated heterocycles. The first-order chi connectivity index (χ1) is 18.6. The van der Waals surface area contributed by atoms with Gasteiger partial charge in [0.15, 0.2) is 12.4 Å². The maximum atomic E-state index is 13.2. The van der Waals surface area contributed by atoms with E-state index in [1.807, 2.05) is 44.2 Å². The quantitative estimate of drug-likeness (QED) is 0.206. The largest absolute Gasteiger partial charge is 0.483 e. The highest BCUT2D eigenvalue weighted by Crippen LogP contribution is 2.30. The van der Waals surface area contributed by atoms with E-state index in [4.69, 9.17) is 16.3 Å². The number of hydrogen-bond donors (Lipinski definition) is 1. The van der Waals surface area contributed by atoms with Crippen molar-refractivity contribution in [3.8, 4) is 5.75 Å². The van der Waals surface area contributed by atoms with Gasteiger partial charge in [0.25, 0.3) is 5.91 Å². The van der Waals surface area contributed by atoms with E-state index in [9.17, 15) is 9.59 Å². The predicted molar refractivity (Wildman–Crippen MR) is 159 cm³/mol. The van der Waals surface area contributed by atoms with Crippen molar-refractivity contribution in [2.24, 2.45) is 0 Å². The lowest BCUT2D eigenvalue weighted by atomic mass is 9.98. The summed E-state index contributed by atoms with van der Waals surface area (Å²) in [6, 6.07) is 19.6. The maximum absolute atomic E-state index is 13.2. The summed E-state index contributed by atoms with van der Waals surface area (Å²) in [6.45, 7) is 13.0. The van der Waals surface area contributed by atoms with Crippen molar-refractivity contribution >= 4 is 34.7 Å². The van der Waals surface area contributed by atoms with E-state index in [1.54, 1.807) is 12.1 Å². The minimum Gasteiger partial charge on any atom is -0.483 e.